The van der Waals surface area contributed by atoms with Gasteiger partial charge in [0.05, 0.1) is 4.90 Å². The van der Waals surface area contributed by atoms with Crippen molar-refractivity contribution in [3.8, 4) is 11.8 Å². The van der Waals surface area contributed by atoms with Crippen LogP contribution in [0.4, 0.5) is 0 Å². The zero-order valence-corrected chi connectivity index (χ0v) is 9.06. The quantitative estimate of drug-likeness (QED) is 0.694. The van der Waals surface area contributed by atoms with Crippen molar-refractivity contribution in [2.75, 3.05) is 5.75 Å². The molecule has 0 unspecified atom stereocenters. The molecule has 2 nitrogen and oxygen atoms in total. The highest BCUT2D eigenvalue weighted by Gasteiger charge is 2.11. The van der Waals surface area contributed by atoms with Crippen LogP contribution in [0.1, 0.15) is 12.5 Å². The lowest BCUT2D eigenvalue weighted by Gasteiger charge is -2.00. The summed E-state index contributed by atoms with van der Waals surface area (Å²) in [7, 11) is -3.21. The van der Waals surface area contributed by atoms with Crippen molar-refractivity contribution in [1.29, 1.82) is 0 Å². The van der Waals surface area contributed by atoms with Gasteiger partial charge in [-0.3, -0.25) is 0 Å². The second-order valence-electron chi connectivity index (χ2n) is 3.00. The van der Waals surface area contributed by atoms with Gasteiger partial charge in [-0.25, -0.2) is 8.42 Å². The lowest BCUT2D eigenvalue weighted by Crippen LogP contribution is -2.04. The fourth-order valence-corrected chi connectivity index (χ4v) is 2.05. The molecule has 0 aliphatic carbocycles. The standard InChI is InChI=1S/C11H12O2S/c1-3-4-9-14(12,13)11-7-5-10(2)6-8-11/h5-8H,9H2,1-2H3. The molecule has 0 N–H and O–H groups in total. The van der Waals surface area contributed by atoms with Gasteiger partial charge >= 0.3 is 0 Å². The number of rotatable bonds is 2. The van der Waals surface area contributed by atoms with E-state index in [9.17, 15) is 8.42 Å². The third kappa shape index (κ3) is 2.61. The summed E-state index contributed by atoms with van der Waals surface area (Å²) in [5, 5.41) is 0. The second kappa shape index (κ2) is 4.30. The van der Waals surface area contributed by atoms with Gasteiger partial charge in [-0.15, -0.1) is 5.92 Å². The van der Waals surface area contributed by atoms with Crippen LogP contribution in [0.15, 0.2) is 29.2 Å². The van der Waals surface area contributed by atoms with Crippen LogP contribution in [-0.2, 0) is 9.84 Å². The summed E-state index contributed by atoms with van der Waals surface area (Å²) < 4.78 is 23.2. The summed E-state index contributed by atoms with van der Waals surface area (Å²) in [5.74, 6) is 5.03. The van der Waals surface area contributed by atoms with Gasteiger partial charge in [0.2, 0.25) is 0 Å². The highest BCUT2D eigenvalue weighted by molar-refractivity contribution is 7.91. The van der Waals surface area contributed by atoms with Gasteiger partial charge in [0.25, 0.3) is 0 Å². The Labute approximate surface area is 84.9 Å². The zero-order valence-electron chi connectivity index (χ0n) is 8.24. The molecule has 74 valence electrons. The zero-order chi connectivity index (χ0) is 10.6. The summed E-state index contributed by atoms with van der Waals surface area (Å²) in [6.45, 7) is 3.55. The molecule has 0 aliphatic heterocycles. The summed E-state index contributed by atoms with van der Waals surface area (Å²) in [5.41, 5.74) is 1.05. The Morgan fingerprint density at radius 3 is 2.29 bits per heavy atom. The SMILES string of the molecule is CC#CCS(=O)(=O)c1ccc(C)cc1. The van der Waals surface area contributed by atoms with E-state index in [-0.39, 0.29) is 5.75 Å². The van der Waals surface area contributed by atoms with Crippen molar-refractivity contribution in [3.05, 3.63) is 29.8 Å². The molecule has 0 heterocycles. The largest absolute Gasteiger partial charge is 0.223 e. The molecular formula is C11H12O2S. The first-order valence-electron chi connectivity index (χ1n) is 4.25. The molecule has 1 rings (SSSR count). The molecule has 0 aromatic heterocycles. The average Bonchev–Trinajstić information content (AvgIpc) is 2.16. The Hall–Kier alpha value is -1.27. The van der Waals surface area contributed by atoms with E-state index in [0.29, 0.717) is 4.90 Å². The van der Waals surface area contributed by atoms with E-state index in [2.05, 4.69) is 11.8 Å². The Morgan fingerprint density at radius 2 is 1.79 bits per heavy atom. The molecule has 1 aromatic carbocycles. The normalized spacial score (nSPS) is 10.4. The molecule has 0 bridgehead atoms. The van der Waals surface area contributed by atoms with Crippen LogP contribution < -0.4 is 0 Å². The molecule has 0 saturated heterocycles. The van der Waals surface area contributed by atoms with Crippen molar-refractivity contribution in [3.63, 3.8) is 0 Å². The minimum atomic E-state index is -3.21. The van der Waals surface area contributed by atoms with Gasteiger partial charge < -0.3 is 0 Å². The monoisotopic (exact) mass is 208 g/mol. The Morgan fingerprint density at radius 1 is 1.21 bits per heavy atom. The molecule has 0 spiro atoms. The van der Waals surface area contributed by atoms with Crippen LogP contribution in [0, 0.1) is 18.8 Å². The smallest absolute Gasteiger partial charge is 0.189 e. The van der Waals surface area contributed by atoms with Gasteiger partial charge in [0.1, 0.15) is 5.75 Å². The number of hydrogen-bond acceptors (Lipinski definition) is 2. The Balaban J connectivity index is 3.03. The number of sulfone groups is 1. The Kier molecular flexibility index (Phi) is 3.32. The molecule has 0 aliphatic rings. The van der Waals surface area contributed by atoms with Gasteiger partial charge in [-0.05, 0) is 26.0 Å². The highest BCUT2D eigenvalue weighted by atomic mass is 32.2. The van der Waals surface area contributed by atoms with Crippen LogP contribution in [0.5, 0.6) is 0 Å². The molecule has 14 heavy (non-hydrogen) atoms. The van der Waals surface area contributed by atoms with Crippen molar-refractivity contribution >= 4 is 9.84 Å². The average molecular weight is 208 g/mol. The Bertz CT molecular complexity index is 458. The third-order valence-electron chi connectivity index (χ3n) is 1.82. The van der Waals surface area contributed by atoms with Gasteiger partial charge in [-0.1, -0.05) is 23.6 Å². The van der Waals surface area contributed by atoms with Crippen LogP contribution in [0.25, 0.3) is 0 Å². The lowest BCUT2D eigenvalue weighted by molar-refractivity contribution is 0.599. The van der Waals surface area contributed by atoms with Crippen LogP contribution in [0.2, 0.25) is 0 Å². The van der Waals surface area contributed by atoms with Gasteiger partial charge in [0, 0.05) is 0 Å². The molecule has 0 atom stereocenters. The van der Waals surface area contributed by atoms with E-state index in [0.717, 1.165) is 5.56 Å². The van der Waals surface area contributed by atoms with Gasteiger partial charge in [-0.2, -0.15) is 0 Å². The van der Waals surface area contributed by atoms with Crippen molar-refractivity contribution in [2.24, 2.45) is 0 Å². The fraction of sp³-hybridized carbons (Fsp3) is 0.273. The van der Waals surface area contributed by atoms with Crippen LogP contribution in [0.3, 0.4) is 0 Å². The van der Waals surface area contributed by atoms with Gasteiger partial charge in [0.15, 0.2) is 9.84 Å². The summed E-state index contributed by atoms with van der Waals surface area (Å²) in [6, 6.07) is 6.79. The maximum Gasteiger partial charge on any atom is 0.189 e. The molecule has 0 saturated carbocycles. The fourth-order valence-electron chi connectivity index (χ4n) is 0.996. The van der Waals surface area contributed by atoms with Crippen LogP contribution >= 0.6 is 0 Å². The summed E-state index contributed by atoms with van der Waals surface area (Å²) in [4.78, 5) is 0.339. The summed E-state index contributed by atoms with van der Waals surface area (Å²) >= 11 is 0. The van der Waals surface area contributed by atoms with Crippen molar-refractivity contribution < 1.29 is 8.42 Å². The van der Waals surface area contributed by atoms with Crippen molar-refractivity contribution in [1.82, 2.24) is 0 Å². The minimum absolute atomic E-state index is 0.105. The first-order chi connectivity index (χ1) is 6.56. The molecule has 3 heteroatoms. The van der Waals surface area contributed by atoms with E-state index in [1.165, 1.54) is 0 Å². The number of hydrogen-bond donors (Lipinski definition) is 0. The van der Waals surface area contributed by atoms with E-state index >= 15 is 0 Å². The molecular weight excluding hydrogens is 196 g/mol. The topological polar surface area (TPSA) is 34.1 Å². The predicted octanol–water partition coefficient (Wildman–Crippen LogP) is 1.79. The molecule has 0 fully saturated rings. The predicted molar refractivity (Wildman–Crippen MR) is 56.7 cm³/mol. The number of benzene rings is 1. The second-order valence-corrected chi connectivity index (χ2v) is 4.99. The maximum atomic E-state index is 11.6. The summed E-state index contributed by atoms with van der Waals surface area (Å²) in [6.07, 6.45) is 0. The minimum Gasteiger partial charge on any atom is -0.223 e. The molecule has 0 radical (unpaired) electrons. The third-order valence-corrected chi connectivity index (χ3v) is 3.33. The van der Waals surface area contributed by atoms with E-state index < -0.39 is 9.84 Å². The molecule has 0 amide bonds. The van der Waals surface area contributed by atoms with E-state index in [1.807, 2.05) is 6.92 Å². The van der Waals surface area contributed by atoms with Crippen molar-refractivity contribution in [2.45, 2.75) is 18.7 Å². The molecule has 1 aromatic rings. The first-order valence-corrected chi connectivity index (χ1v) is 5.90. The van der Waals surface area contributed by atoms with Crippen LogP contribution in [-0.4, -0.2) is 14.2 Å². The highest BCUT2D eigenvalue weighted by Crippen LogP contribution is 2.11. The maximum absolute atomic E-state index is 11.6. The van der Waals surface area contributed by atoms with E-state index in [1.54, 1.807) is 31.2 Å². The number of aryl methyl sites for hydroxylation is 1. The lowest BCUT2D eigenvalue weighted by atomic mass is 10.2. The first kappa shape index (κ1) is 10.8. The van der Waals surface area contributed by atoms with E-state index in [4.69, 9.17) is 0 Å².